The Labute approximate surface area is 146 Å². The number of thiazole rings is 1. The number of nitrogens with zero attached hydrogens (tertiary/aromatic N) is 4. The summed E-state index contributed by atoms with van der Waals surface area (Å²) in [6, 6.07) is 5.64. The number of pyridine rings is 1. The van der Waals surface area contributed by atoms with Crippen LogP contribution in [0.1, 0.15) is 9.80 Å². The summed E-state index contributed by atoms with van der Waals surface area (Å²) in [5, 5.41) is 22.8. The fourth-order valence-corrected chi connectivity index (χ4v) is 3.46. The van der Waals surface area contributed by atoms with E-state index >= 15 is 0 Å². The van der Waals surface area contributed by atoms with E-state index in [1.165, 1.54) is 11.9 Å². The van der Waals surface area contributed by atoms with Crippen LogP contribution in [0.2, 0.25) is 4.34 Å². The average molecular weight is 367 g/mol. The number of halogens is 1. The largest absolute Gasteiger partial charge is 0.394 e. The summed E-state index contributed by atoms with van der Waals surface area (Å²) in [4.78, 5) is 18.1. The first-order valence-electron chi connectivity index (χ1n) is 7.14. The van der Waals surface area contributed by atoms with Gasteiger partial charge in [-0.25, -0.2) is 9.50 Å². The Morgan fingerprint density at radius 1 is 1.50 bits per heavy atom. The normalized spacial score (nSPS) is 12.5. The zero-order valence-corrected chi connectivity index (χ0v) is 14.3. The third-order valence-electron chi connectivity index (χ3n) is 3.49. The molecule has 3 heterocycles. The SMILES string of the molecule is CN(CC(O)CO)C(=O)c1nc(-c2cnn3ccccc23)c(Cl)s1. The number of likely N-dealkylation sites (N-methyl/N-ethyl adjacent to an activating group) is 1. The molecule has 9 heteroatoms. The Hall–Kier alpha value is -2.00. The average Bonchev–Trinajstić information content (AvgIpc) is 3.17. The molecule has 1 amide bonds. The van der Waals surface area contributed by atoms with Crippen LogP contribution in [0.15, 0.2) is 30.6 Å². The lowest BCUT2D eigenvalue weighted by molar-refractivity contribution is 0.0520. The van der Waals surface area contributed by atoms with Crippen LogP contribution in [0.4, 0.5) is 0 Å². The highest BCUT2D eigenvalue weighted by Crippen LogP contribution is 2.35. The Morgan fingerprint density at radius 2 is 2.29 bits per heavy atom. The van der Waals surface area contributed by atoms with Crippen molar-refractivity contribution in [2.24, 2.45) is 0 Å². The van der Waals surface area contributed by atoms with Gasteiger partial charge in [-0.2, -0.15) is 5.10 Å². The van der Waals surface area contributed by atoms with E-state index in [1.54, 1.807) is 10.7 Å². The number of aliphatic hydroxyl groups is 2. The van der Waals surface area contributed by atoms with E-state index in [4.69, 9.17) is 16.7 Å². The number of hydrogen-bond donors (Lipinski definition) is 2. The number of carbonyl (C=O) groups excluding carboxylic acids is 1. The third-order valence-corrected chi connectivity index (χ3v) is 4.73. The van der Waals surface area contributed by atoms with E-state index in [0.717, 1.165) is 22.4 Å². The molecule has 0 aromatic carbocycles. The quantitative estimate of drug-likeness (QED) is 0.714. The molecule has 3 aromatic heterocycles. The van der Waals surface area contributed by atoms with Gasteiger partial charge in [0.25, 0.3) is 5.91 Å². The molecule has 7 nitrogen and oxygen atoms in total. The number of aromatic nitrogens is 3. The van der Waals surface area contributed by atoms with Gasteiger partial charge in [0.1, 0.15) is 10.0 Å². The fraction of sp³-hybridized carbons (Fsp3) is 0.267. The molecule has 0 spiro atoms. The van der Waals surface area contributed by atoms with Crippen molar-refractivity contribution >= 4 is 34.4 Å². The van der Waals surface area contributed by atoms with E-state index in [1.807, 2.05) is 24.4 Å². The zero-order valence-electron chi connectivity index (χ0n) is 12.8. The van der Waals surface area contributed by atoms with Crippen molar-refractivity contribution in [2.75, 3.05) is 20.2 Å². The van der Waals surface area contributed by atoms with Crippen molar-refractivity contribution < 1.29 is 15.0 Å². The van der Waals surface area contributed by atoms with Crippen molar-refractivity contribution in [1.29, 1.82) is 0 Å². The van der Waals surface area contributed by atoms with E-state index < -0.39 is 12.7 Å². The van der Waals surface area contributed by atoms with Crippen LogP contribution in [0, 0.1) is 0 Å². The first-order valence-corrected chi connectivity index (χ1v) is 8.34. The molecule has 126 valence electrons. The maximum Gasteiger partial charge on any atom is 0.282 e. The Morgan fingerprint density at radius 3 is 3.04 bits per heavy atom. The molecular weight excluding hydrogens is 352 g/mol. The molecule has 0 fully saturated rings. The van der Waals surface area contributed by atoms with Crippen LogP contribution in [-0.4, -0.2) is 61.9 Å². The molecule has 0 bridgehead atoms. The first kappa shape index (κ1) is 16.8. The molecule has 3 aromatic rings. The monoisotopic (exact) mass is 366 g/mol. The van der Waals surface area contributed by atoms with Crippen molar-refractivity contribution in [2.45, 2.75) is 6.10 Å². The second kappa shape index (κ2) is 6.86. The molecule has 0 radical (unpaired) electrons. The van der Waals surface area contributed by atoms with Crippen LogP contribution in [0.25, 0.3) is 16.8 Å². The van der Waals surface area contributed by atoms with Gasteiger partial charge in [0.15, 0.2) is 5.01 Å². The van der Waals surface area contributed by atoms with Gasteiger partial charge < -0.3 is 15.1 Å². The zero-order chi connectivity index (χ0) is 17.3. The van der Waals surface area contributed by atoms with Crippen LogP contribution >= 0.6 is 22.9 Å². The second-order valence-electron chi connectivity index (χ2n) is 5.25. The smallest absolute Gasteiger partial charge is 0.282 e. The maximum absolute atomic E-state index is 12.4. The lowest BCUT2D eigenvalue weighted by Gasteiger charge is -2.18. The topological polar surface area (TPSA) is 91.0 Å². The molecular formula is C15H15ClN4O3S. The third kappa shape index (κ3) is 3.13. The Bertz CT molecular complexity index is 879. The van der Waals surface area contributed by atoms with Gasteiger partial charge in [-0.15, -0.1) is 0 Å². The predicted molar refractivity (Wildman–Crippen MR) is 91.4 cm³/mol. The summed E-state index contributed by atoms with van der Waals surface area (Å²) in [6.07, 6.45) is 2.48. The minimum Gasteiger partial charge on any atom is -0.394 e. The van der Waals surface area contributed by atoms with Gasteiger partial charge in [-0.1, -0.05) is 29.0 Å². The molecule has 0 aliphatic rings. The molecule has 1 unspecified atom stereocenters. The molecule has 3 rings (SSSR count). The molecule has 0 aliphatic heterocycles. The summed E-state index contributed by atoms with van der Waals surface area (Å²) >= 11 is 7.35. The number of carbonyl (C=O) groups is 1. The minimum absolute atomic E-state index is 0.0125. The lowest BCUT2D eigenvalue weighted by atomic mass is 10.2. The lowest BCUT2D eigenvalue weighted by Crippen LogP contribution is -2.35. The van der Waals surface area contributed by atoms with Crippen LogP contribution in [-0.2, 0) is 0 Å². The predicted octanol–water partition coefficient (Wildman–Crippen LogP) is 1.54. The maximum atomic E-state index is 12.4. The minimum atomic E-state index is -0.992. The van der Waals surface area contributed by atoms with Crippen molar-refractivity contribution in [3.8, 4) is 11.3 Å². The summed E-state index contributed by atoms with van der Waals surface area (Å²) in [5.41, 5.74) is 2.09. The molecule has 0 saturated carbocycles. The van der Waals surface area contributed by atoms with Gasteiger partial charge in [0.2, 0.25) is 0 Å². The second-order valence-corrected chi connectivity index (χ2v) is 6.85. The summed E-state index contributed by atoms with van der Waals surface area (Å²) < 4.78 is 2.10. The summed E-state index contributed by atoms with van der Waals surface area (Å²) in [5.74, 6) is -0.364. The van der Waals surface area contributed by atoms with Gasteiger partial charge in [0, 0.05) is 25.4 Å². The highest BCUT2D eigenvalue weighted by atomic mass is 35.5. The number of hydrogen-bond acceptors (Lipinski definition) is 6. The van der Waals surface area contributed by atoms with E-state index in [9.17, 15) is 9.90 Å². The highest BCUT2D eigenvalue weighted by molar-refractivity contribution is 7.18. The Kier molecular flexibility index (Phi) is 4.81. The van der Waals surface area contributed by atoms with Crippen molar-refractivity contribution in [3.05, 3.63) is 39.9 Å². The van der Waals surface area contributed by atoms with Gasteiger partial charge >= 0.3 is 0 Å². The number of fused-ring (bicyclic) bond motifs is 1. The van der Waals surface area contributed by atoms with Gasteiger partial charge in [0.05, 0.1) is 24.4 Å². The molecule has 1 atom stereocenters. The van der Waals surface area contributed by atoms with Crippen LogP contribution < -0.4 is 0 Å². The standard InChI is InChI=1S/C15H15ClN4O3S/c1-19(7-9(22)8-21)15(23)14-18-12(13(16)24-14)10-6-17-20-5-3-2-4-11(10)20/h2-6,9,21-22H,7-8H2,1H3. The molecule has 0 aliphatic carbocycles. The number of amides is 1. The van der Waals surface area contributed by atoms with Crippen molar-refractivity contribution in [3.63, 3.8) is 0 Å². The number of aliphatic hydroxyl groups excluding tert-OH is 2. The molecule has 24 heavy (non-hydrogen) atoms. The van der Waals surface area contributed by atoms with Crippen molar-refractivity contribution in [1.82, 2.24) is 19.5 Å². The molecule has 0 saturated heterocycles. The fourth-order valence-electron chi connectivity index (χ4n) is 2.30. The van der Waals surface area contributed by atoms with E-state index in [-0.39, 0.29) is 17.5 Å². The van der Waals surface area contributed by atoms with Crippen LogP contribution in [0.3, 0.4) is 0 Å². The van der Waals surface area contributed by atoms with Gasteiger partial charge in [-0.3, -0.25) is 4.79 Å². The van der Waals surface area contributed by atoms with Crippen LogP contribution in [0.5, 0.6) is 0 Å². The number of rotatable bonds is 5. The molecule has 2 N–H and O–H groups in total. The van der Waals surface area contributed by atoms with E-state index in [2.05, 4.69) is 10.1 Å². The van der Waals surface area contributed by atoms with Gasteiger partial charge in [-0.05, 0) is 12.1 Å². The summed E-state index contributed by atoms with van der Waals surface area (Å²) in [6.45, 7) is -0.400. The summed E-state index contributed by atoms with van der Waals surface area (Å²) in [7, 11) is 1.53. The highest BCUT2D eigenvalue weighted by Gasteiger charge is 2.22. The first-order chi connectivity index (χ1) is 11.5. The Balaban J connectivity index is 1.92. The van der Waals surface area contributed by atoms with E-state index in [0.29, 0.717) is 10.0 Å².